The van der Waals surface area contributed by atoms with E-state index < -0.39 is 29.7 Å². The summed E-state index contributed by atoms with van der Waals surface area (Å²) in [5.41, 5.74) is -0.213. The van der Waals surface area contributed by atoms with Crippen LogP contribution in [-0.4, -0.2) is 61.7 Å². The molecule has 2 aliphatic heterocycles. The van der Waals surface area contributed by atoms with Gasteiger partial charge in [0, 0.05) is 31.6 Å². The second-order valence-corrected chi connectivity index (χ2v) is 7.08. The van der Waals surface area contributed by atoms with Crippen LogP contribution in [0.3, 0.4) is 0 Å². The first kappa shape index (κ1) is 21.7. The molecule has 0 radical (unpaired) electrons. The van der Waals surface area contributed by atoms with E-state index in [2.05, 4.69) is 6.58 Å². The lowest BCUT2D eigenvalue weighted by Gasteiger charge is -2.24. The number of hydrogen-bond donors (Lipinski definition) is 0. The zero-order valence-corrected chi connectivity index (χ0v) is 16.6. The molecular formula is C20H23F2N3O5. The highest BCUT2D eigenvalue weighted by atomic mass is 19.1. The Morgan fingerprint density at radius 2 is 1.93 bits per heavy atom. The molecule has 3 rings (SSSR count). The molecule has 2 fully saturated rings. The summed E-state index contributed by atoms with van der Waals surface area (Å²) in [5, 5.41) is 1.10. The van der Waals surface area contributed by atoms with Gasteiger partial charge in [-0.3, -0.25) is 14.5 Å². The molecule has 2 aliphatic rings. The summed E-state index contributed by atoms with van der Waals surface area (Å²) in [6, 6.07) is 2.15. The first-order valence-corrected chi connectivity index (χ1v) is 9.58. The van der Waals surface area contributed by atoms with Gasteiger partial charge in [-0.2, -0.15) is 0 Å². The Morgan fingerprint density at radius 1 is 1.23 bits per heavy atom. The molecular weight excluding hydrogens is 400 g/mol. The number of Topliss-reactive ketones (excluding diaryl/α,β-unsaturated/α-hetero) is 1. The van der Waals surface area contributed by atoms with Crippen LogP contribution >= 0.6 is 0 Å². The zero-order valence-electron chi connectivity index (χ0n) is 16.6. The first-order chi connectivity index (χ1) is 14.3. The van der Waals surface area contributed by atoms with E-state index in [0.717, 1.165) is 28.2 Å². The molecule has 0 bridgehead atoms. The van der Waals surface area contributed by atoms with Gasteiger partial charge < -0.3 is 14.4 Å². The van der Waals surface area contributed by atoms with E-state index in [1.165, 1.54) is 11.8 Å². The first-order valence-electron chi connectivity index (χ1n) is 9.58. The minimum Gasteiger partial charge on any atom is -0.444 e. The van der Waals surface area contributed by atoms with Gasteiger partial charge in [0.15, 0.2) is 11.6 Å². The molecule has 8 nitrogen and oxygen atoms in total. The minimum absolute atomic E-state index is 0.0271. The monoisotopic (exact) mass is 423 g/mol. The summed E-state index contributed by atoms with van der Waals surface area (Å²) in [6.07, 6.45) is 0.495. The summed E-state index contributed by atoms with van der Waals surface area (Å²) in [4.78, 5) is 42.8. The fourth-order valence-corrected chi connectivity index (χ4v) is 3.41. The van der Waals surface area contributed by atoms with Crippen molar-refractivity contribution >= 4 is 29.2 Å². The van der Waals surface area contributed by atoms with Crippen molar-refractivity contribution < 1.29 is 32.7 Å². The van der Waals surface area contributed by atoms with Crippen LogP contribution in [0.4, 0.5) is 25.0 Å². The van der Waals surface area contributed by atoms with Gasteiger partial charge in [-0.15, -0.1) is 0 Å². The van der Waals surface area contributed by atoms with Crippen LogP contribution in [0.5, 0.6) is 0 Å². The quantitative estimate of drug-likeness (QED) is 0.654. The number of anilines is 2. The maximum atomic E-state index is 14.8. The van der Waals surface area contributed by atoms with Gasteiger partial charge in [-0.1, -0.05) is 6.58 Å². The number of rotatable bonds is 6. The Bertz CT molecular complexity index is 840. The number of hydroxylamine groups is 2. The number of nitrogens with zero attached hydrogens (tertiary/aromatic N) is 3. The fourth-order valence-electron chi connectivity index (χ4n) is 3.41. The largest absolute Gasteiger partial charge is 0.444 e. The second kappa shape index (κ2) is 9.21. The van der Waals surface area contributed by atoms with Gasteiger partial charge in [-0.05, 0) is 19.4 Å². The highest BCUT2D eigenvalue weighted by Crippen LogP contribution is 2.32. The Balaban J connectivity index is 1.74. The van der Waals surface area contributed by atoms with E-state index in [9.17, 15) is 23.2 Å². The van der Waals surface area contributed by atoms with Crippen LogP contribution < -0.4 is 9.80 Å². The fraction of sp³-hybridized carbons (Fsp3) is 0.450. The van der Waals surface area contributed by atoms with E-state index in [1.807, 2.05) is 0 Å². The molecule has 1 atom stereocenters. The van der Waals surface area contributed by atoms with Gasteiger partial charge >= 0.3 is 6.09 Å². The number of ketones is 1. The van der Waals surface area contributed by atoms with Gasteiger partial charge in [0.2, 0.25) is 0 Å². The van der Waals surface area contributed by atoms with Gasteiger partial charge in [-0.25, -0.2) is 18.6 Å². The SMILES string of the molecule is C=CC(=O)N1CCN(c2c(F)cc(N3C[C@H](CCC(C)=O)OC3=O)cc2F)CCO1. The summed E-state index contributed by atoms with van der Waals surface area (Å²) in [6.45, 7) is 5.45. The molecule has 2 heterocycles. The Labute approximate surface area is 172 Å². The van der Waals surface area contributed by atoms with Gasteiger partial charge in [0.05, 0.1) is 25.4 Å². The highest BCUT2D eigenvalue weighted by molar-refractivity contribution is 5.90. The summed E-state index contributed by atoms with van der Waals surface area (Å²) in [5.74, 6) is -2.14. The zero-order chi connectivity index (χ0) is 21.8. The minimum atomic E-state index is -0.839. The second-order valence-electron chi connectivity index (χ2n) is 7.08. The van der Waals surface area contributed by atoms with Crippen LogP contribution in [0.15, 0.2) is 24.8 Å². The van der Waals surface area contributed by atoms with Crippen molar-refractivity contribution in [2.75, 3.05) is 42.6 Å². The molecule has 10 heteroatoms. The van der Waals surface area contributed by atoms with E-state index >= 15 is 0 Å². The van der Waals surface area contributed by atoms with Crippen molar-refractivity contribution in [3.8, 4) is 0 Å². The van der Waals surface area contributed by atoms with E-state index in [-0.39, 0.29) is 56.4 Å². The van der Waals surface area contributed by atoms with Crippen LogP contribution in [-0.2, 0) is 19.2 Å². The predicted octanol–water partition coefficient (Wildman–Crippen LogP) is 2.43. The number of hydrogen-bond acceptors (Lipinski definition) is 6. The number of carbonyl (C=O) groups excluding carboxylic acids is 3. The average molecular weight is 423 g/mol. The number of halogens is 2. The molecule has 0 aliphatic carbocycles. The lowest BCUT2D eigenvalue weighted by molar-refractivity contribution is -0.176. The van der Waals surface area contributed by atoms with E-state index in [0.29, 0.717) is 6.42 Å². The number of benzene rings is 1. The smallest absolute Gasteiger partial charge is 0.414 e. The van der Waals surface area contributed by atoms with Crippen LogP contribution in [0.1, 0.15) is 19.8 Å². The number of ether oxygens (including phenoxy) is 1. The third-order valence-electron chi connectivity index (χ3n) is 4.92. The van der Waals surface area contributed by atoms with Crippen LogP contribution in [0.2, 0.25) is 0 Å². The van der Waals surface area contributed by atoms with Gasteiger partial charge in [0.1, 0.15) is 17.6 Å². The molecule has 0 saturated carbocycles. The number of cyclic esters (lactones) is 1. The predicted molar refractivity (Wildman–Crippen MR) is 104 cm³/mol. The molecule has 162 valence electrons. The normalized spacial score (nSPS) is 19.5. The van der Waals surface area contributed by atoms with E-state index in [4.69, 9.17) is 9.57 Å². The molecule has 0 unspecified atom stereocenters. The Hall–Kier alpha value is -3.01. The molecule has 2 saturated heterocycles. The number of carbonyl (C=O) groups is 3. The molecule has 30 heavy (non-hydrogen) atoms. The molecule has 0 spiro atoms. The standard InChI is InChI=1S/C20H23F2N3O5/c1-3-18(27)25-7-6-23(8-9-29-25)19-16(21)10-14(11-17(19)22)24-12-15(30-20(24)28)5-4-13(2)26/h3,10-11,15H,1,4-9,12H2,2H3/t15-/m0/s1. The maximum absolute atomic E-state index is 14.8. The van der Waals surface area contributed by atoms with Crippen molar-refractivity contribution in [1.82, 2.24) is 5.06 Å². The summed E-state index contributed by atoms with van der Waals surface area (Å²) < 4.78 is 34.9. The van der Waals surface area contributed by atoms with Crippen molar-refractivity contribution in [2.45, 2.75) is 25.9 Å². The molecule has 0 aromatic heterocycles. The third-order valence-corrected chi connectivity index (χ3v) is 4.92. The Morgan fingerprint density at radius 3 is 2.57 bits per heavy atom. The third kappa shape index (κ3) is 4.76. The van der Waals surface area contributed by atoms with Gasteiger partial charge in [0.25, 0.3) is 5.91 Å². The highest BCUT2D eigenvalue weighted by Gasteiger charge is 2.34. The molecule has 1 aromatic carbocycles. The van der Waals surface area contributed by atoms with Crippen LogP contribution in [0.25, 0.3) is 0 Å². The van der Waals surface area contributed by atoms with Crippen molar-refractivity contribution in [3.63, 3.8) is 0 Å². The van der Waals surface area contributed by atoms with Crippen molar-refractivity contribution in [1.29, 1.82) is 0 Å². The summed E-state index contributed by atoms with van der Waals surface area (Å²) in [7, 11) is 0. The molecule has 1 aromatic rings. The van der Waals surface area contributed by atoms with Crippen molar-refractivity contribution in [2.24, 2.45) is 0 Å². The van der Waals surface area contributed by atoms with E-state index in [1.54, 1.807) is 0 Å². The molecule has 2 amide bonds. The lowest BCUT2D eigenvalue weighted by atomic mass is 10.1. The Kier molecular flexibility index (Phi) is 6.66. The summed E-state index contributed by atoms with van der Waals surface area (Å²) >= 11 is 0. The topological polar surface area (TPSA) is 79.4 Å². The van der Waals surface area contributed by atoms with Crippen LogP contribution in [0, 0.1) is 11.6 Å². The average Bonchev–Trinajstić information content (AvgIpc) is 2.90. The maximum Gasteiger partial charge on any atom is 0.414 e. The molecule has 0 N–H and O–H groups in total. The lowest BCUT2D eigenvalue weighted by Crippen LogP contribution is -2.34. The number of amides is 2. The van der Waals surface area contributed by atoms with Crippen molar-refractivity contribution in [3.05, 3.63) is 36.4 Å².